The Balaban J connectivity index is 1.39. The minimum Gasteiger partial charge on any atom is -0.489 e. The lowest BCUT2D eigenvalue weighted by atomic mass is 10.0. The second-order valence-corrected chi connectivity index (χ2v) is 7.91. The van der Waals surface area contributed by atoms with Crippen LogP contribution in [0.25, 0.3) is 10.9 Å². The molecule has 0 amide bonds. The lowest BCUT2D eigenvalue weighted by Crippen LogP contribution is -2.38. The summed E-state index contributed by atoms with van der Waals surface area (Å²) in [7, 11) is 0. The Morgan fingerprint density at radius 2 is 1.94 bits per heavy atom. The van der Waals surface area contributed by atoms with Gasteiger partial charge < -0.3 is 20.1 Å². The topological polar surface area (TPSA) is 74.3 Å². The molecule has 4 aromatic rings. The number of carbonyl (C=O) groups is 1. The highest BCUT2D eigenvalue weighted by molar-refractivity contribution is 6.31. The number of fused-ring (bicyclic) bond motifs is 1. The fourth-order valence-electron chi connectivity index (χ4n) is 3.55. The predicted octanol–water partition coefficient (Wildman–Crippen LogP) is 5.32. The molecule has 1 heterocycles. The van der Waals surface area contributed by atoms with Crippen LogP contribution in [0.4, 0.5) is 4.39 Å². The Bertz CT molecular complexity index is 1240. The maximum absolute atomic E-state index is 13.2. The van der Waals surface area contributed by atoms with Gasteiger partial charge in [0.05, 0.1) is 5.02 Å². The number of carboxylic acids is 1. The number of aliphatic carboxylic acids is 1. The Morgan fingerprint density at radius 3 is 2.75 bits per heavy atom. The van der Waals surface area contributed by atoms with Gasteiger partial charge >= 0.3 is 5.97 Å². The average molecular weight is 453 g/mol. The van der Waals surface area contributed by atoms with Crippen LogP contribution in [0.15, 0.2) is 72.9 Å². The minimum atomic E-state index is -0.909. The van der Waals surface area contributed by atoms with Crippen LogP contribution >= 0.6 is 11.6 Å². The summed E-state index contributed by atoms with van der Waals surface area (Å²) in [5, 5.41) is 14.2. The standard InChI is InChI=1S/C25H22ClFN2O3/c26-22-12-19(27)9-8-17(22)15-32-20-5-3-4-16(10-20)13-28-24(25(30)31)11-18-14-29-23-7-2-1-6-21(18)23/h1-10,12,14,24,28-29H,11,13,15H2,(H,30,31)/t24-/m0/s1. The Kier molecular flexibility index (Phi) is 6.73. The molecule has 0 radical (unpaired) electrons. The highest BCUT2D eigenvalue weighted by Crippen LogP contribution is 2.22. The molecule has 0 bridgehead atoms. The molecule has 0 fully saturated rings. The van der Waals surface area contributed by atoms with Gasteiger partial charge in [0, 0.05) is 35.6 Å². The van der Waals surface area contributed by atoms with Gasteiger partial charge in [-0.2, -0.15) is 0 Å². The summed E-state index contributed by atoms with van der Waals surface area (Å²) in [6.07, 6.45) is 2.22. The number of benzene rings is 3. The first-order valence-electron chi connectivity index (χ1n) is 10.2. The highest BCUT2D eigenvalue weighted by Gasteiger charge is 2.19. The lowest BCUT2D eigenvalue weighted by Gasteiger charge is -2.15. The van der Waals surface area contributed by atoms with Gasteiger partial charge in [-0.1, -0.05) is 48.0 Å². The molecule has 5 nitrogen and oxygen atoms in total. The maximum Gasteiger partial charge on any atom is 0.321 e. The van der Waals surface area contributed by atoms with Crippen LogP contribution in [-0.4, -0.2) is 22.1 Å². The number of carboxylic acid groups (broad SMARTS) is 1. The van der Waals surface area contributed by atoms with Crippen molar-refractivity contribution >= 4 is 28.5 Å². The molecule has 4 rings (SSSR count). The smallest absolute Gasteiger partial charge is 0.321 e. The summed E-state index contributed by atoms with van der Waals surface area (Å²) in [5.41, 5.74) is 3.51. The average Bonchev–Trinajstić information content (AvgIpc) is 3.19. The molecule has 0 spiro atoms. The van der Waals surface area contributed by atoms with Gasteiger partial charge in [-0.05, 0) is 41.5 Å². The van der Waals surface area contributed by atoms with E-state index in [4.69, 9.17) is 16.3 Å². The number of H-pyrrole nitrogens is 1. The molecule has 0 aliphatic carbocycles. The first-order chi connectivity index (χ1) is 15.5. The molecule has 32 heavy (non-hydrogen) atoms. The van der Waals surface area contributed by atoms with E-state index in [1.165, 1.54) is 12.1 Å². The van der Waals surface area contributed by atoms with Gasteiger partial charge in [-0.3, -0.25) is 4.79 Å². The number of hydrogen-bond acceptors (Lipinski definition) is 3. The molecular weight excluding hydrogens is 431 g/mol. The van der Waals surface area contributed by atoms with Crippen LogP contribution < -0.4 is 10.1 Å². The second kappa shape index (κ2) is 9.85. The molecule has 0 saturated carbocycles. The summed E-state index contributed by atoms with van der Waals surface area (Å²) in [5.74, 6) is -0.686. The number of aromatic nitrogens is 1. The van der Waals surface area contributed by atoms with E-state index in [1.807, 2.05) is 54.7 Å². The third kappa shape index (κ3) is 5.28. The van der Waals surface area contributed by atoms with E-state index in [2.05, 4.69) is 10.3 Å². The number of hydrogen-bond donors (Lipinski definition) is 3. The van der Waals surface area contributed by atoms with E-state index in [1.54, 1.807) is 6.07 Å². The van der Waals surface area contributed by atoms with Crippen molar-refractivity contribution in [2.75, 3.05) is 0 Å². The summed E-state index contributed by atoms with van der Waals surface area (Å²) < 4.78 is 19.0. The van der Waals surface area contributed by atoms with Crippen molar-refractivity contribution in [1.29, 1.82) is 0 Å². The molecule has 7 heteroatoms. The quantitative estimate of drug-likeness (QED) is 0.321. The maximum atomic E-state index is 13.2. The Morgan fingerprint density at radius 1 is 1.09 bits per heavy atom. The van der Waals surface area contributed by atoms with Crippen LogP contribution in [0.5, 0.6) is 5.75 Å². The van der Waals surface area contributed by atoms with E-state index in [-0.39, 0.29) is 6.61 Å². The SMILES string of the molecule is O=C(O)[C@H](Cc1c[nH]c2ccccc12)NCc1cccc(OCc2ccc(F)cc2Cl)c1. The molecule has 0 saturated heterocycles. The fraction of sp³-hybridized carbons (Fsp3) is 0.160. The van der Waals surface area contributed by atoms with Gasteiger partial charge in [0.15, 0.2) is 0 Å². The molecule has 1 aromatic heterocycles. The summed E-state index contributed by atoms with van der Waals surface area (Å²) in [6, 6.07) is 18.6. The van der Waals surface area contributed by atoms with Crippen LogP contribution in [0.3, 0.4) is 0 Å². The van der Waals surface area contributed by atoms with Crippen molar-refractivity contribution in [3.05, 3.63) is 100 Å². The molecule has 0 aliphatic rings. The third-order valence-electron chi connectivity index (χ3n) is 5.26. The third-order valence-corrected chi connectivity index (χ3v) is 5.61. The molecule has 3 N–H and O–H groups in total. The largest absolute Gasteiger partial charge is 0.489 e. The number of rotatable bonds is 9. The fourth-order valence-corrected chi connectivity index (χ4v) is 3.78. The normalized spacial score (nSPS) is 12.1. The van der Waals surface area contributed by atoms with E-state index >= 15 is 0 Å². The molecule has 0 aliphatic heterocycles. The van der Waals surface area contributed by atoms with Crippen molar-refractivity contribution < 1.29 is 19.0 Å². The Hall–Kier alpha value is -3.35. The van der Waals surface area contributed by atoms with Crippen molar-refractivity contribution in [3.8, 4) is 5.75 Å². The van der Waals surface area contributed by atoms with Crippen molar-refractivity contribution in [3.63, 3.8) is 0 Å². The number of para-hydroxylation sites is 1. The van der Waals surface area contributed by atoms with Gasteiger partial charge in [0.2, 0.25) is 0 Å². The Labute approximate surface area is 189 Å². The van der Waals surface area contributed by atoms with Crippen LogP contribution in [0, 0.1) is 5.82 Å². The molecular formula is C25H22ClFN2O3. The van der Waals surface area contributed by atoms with E-state index in [0.29, 0.717) is 29.3 Å². The van der Waals surface area contributed by atoms with Gasteiger partial charge in [-0.25, -0.2) is 4.39 Å². The summed E-state index contributed by atoms with van der Waals surface area (Å²) in [4.78, 5) is 15.0. The second-order valence-electron chi connectivity index (χ2n) is 7.51. The first kappa shape index (κ1) is 21.9. The summed E-state index contributed by atoms with van der Waals surface area (Å²) in [6.45, 7) is 0.572. The highest BCUT2D eigenvalue weighted by atomic mass is 35.5. The number of nitrogens with one attached hydrogen (secondary N) is 2. The number of ether oxygens (including phenoxy) is 1. The van der Waals surface area contributed by atoms with Gasteiger partial charge in [-0.15, -0.1) is 0 Å². The van der Waals surface area contributed by atoms with Gasteiger partial charge in [0.25, 0.3) is 0 Å². The molecule has 3 aromatic carbocycles. The lowest BCUT2D eigenvalue weighted by molar-refractivity contribution is -0.139. The van der Waals surface area contributed by atoms with Crippen LogP contribution in [0.1, 0.15) is 16.7 Å². The minimum absolute atomic E-state index is 0.203. The monoisotopic (exact) mass is 452 g/mol. The number of halogens is 2. The first-order valence-corrected chi connectivity index (χ1v) is 10.5. The number of aromatic amines is 1. The molecule has 1 atom stereocenters. The zero-order valence-corrected chi connectivity index (χ0v) is 17.9. The van der Waals surface area contributed by atoms with Crippen molar-refractivity contribution in [2.24, 2.45) is 0 Å². The molecule has 164 valence electrons. The van der Waals surface area contributed by atoms with Crippen molar-refractivity contribution in [2.45, 2.75) is 25.6 Å². The van der Waals surface area contributed by atoms with Crippen LogP contribution in [0.2, 0.25) is 5.02 Å². The zero-order chi connectivity index (χ0) is 22.5. The van der Waals surface area contributed by atoms with E-state index < -0.39 is 17.8 Å². The zero-order valence-electron chi connectivity index (χ0n) is 17.1. The van der Waals surface area contributed by atoms with E-state index in [0.717, 1.165) is 22.0 Å². The predicted molar refractivity (Wildman–Crippen MR) is 122 cm³/mol. The van der Waals surface area contributed by atoms with Crippen LogP contribution in [-0.2, 0) is 24.4 Å². The molecule has 0 unspecified atom stereocenters. The van der Waals surface area contributed by atoms with E-state index in [9.17, 15) is 14.3 Å². The van der Waals surface area contributed by atoms with Crippen molar-refractivity contribution in [1.82, 2.24) is 10.3 Å². The summed E-state index contributed by atoms with van der Waals surface area (Å²) >= 11 is 6.05. The van der Waals surface area contributed by atoms with Gasteiger partial charge in [0.1, 0.15) is 24.2 Å².